The second-order valence-electron chi connectivity index (χ2n) is 2.14. The SMILES string of the molecule is O=CN(c1cccc(Br)c1)S(=O)O. The van der Waals surface area contributed by atoms with Crippen molar-refractivity contribution in [2.45, 2.75) is 0 Å². The Morgan fingerprint density at radius 2 is 2.23 bits per heavy atom. The average molecular weight is 264 g/mol. The summed E-state index contributed by atoms with van der Waals surface area (Å²) in [7, 11) is 0. The number of carbonyl (C=O) groups excluding carboxylic acids is 1. The van der Waals surface area contributed by atoms with Crippen LogP contribution in [0.3, 0.4) is 0 Å². The minimum atomic E-state index is -2.32. The molecule has 0 aliphatic carbocycles. The van der Waals surface area contributed by atoms with Crippen LogP contribution in [0.15, 0.2) is 28.7 Å². The smallest absolute Gasteiger partial charge is 0.268 e. The van der Waals surface area contributed by atoms with Gasteiger partial charge < -0.3 is 0 Å². The highest BCUT2D eigenvalue weighted by molar-refractivity contribution is 9.10. The summed E-state index contributed by atoms with van der Waals surface area (Å²) in [4.78, 5) is 10.4. The van der Waals surface area contributed by atoms with E-state index in [1.54, 1.807) is 24.3 Å². The lowest BCUT2D eigenvalue weighted by atomic mass is 10.3. The molecular weight excluding hydrogens is 258 g/mol. The number of amides is 1. The normalized spacial score (nSPS) is 12.2. The first-order valence-electron chi connectivity index (χ1n) is 3.26. The van der Waals surface area contributed by atoms with Crippen LogP contribution in [0.4, 0.5) is 5.69 Å². The Kier molecular flexibility index (Phi) is 3.58. The standard InChI is InChI=1S/C7H6BrNO3S/c8-6-2-1-3-7(4-6)9(5-10)13(11)12/h1-5H,(H,11,12). The highest BCUT2D eigenvalue weighted by atomic mass is 79.9. The van der Waals surface area contributed by atoms with Gasteiger partial charge in [0.2, 0.25) is 6.41 Å². The molecule has 0 saturated heterocycles. The number of hydrogen-bond donors (Lipinski definition) is 1. The maximum atomic E-state index is 10.6. The van der Waals surface area contributed by atoms with E-state index < -0.39 is 11.3 Å². The van der Waals surface area contributed by atoms with Crippen LogP contribution in [0.2, 0.25) is 0 Å². The third-order valence-electron chi connectivity index (χ3n) is 1.33. The molecule has 1 atom stereocenters. The Morgan fingerprint density at radius 1 is 1.54 bits per heavy atom. The Balaban J connectivity index is 3.04. The van der Waals surface area contributed by atoms with Gasteiger partial charge in [0, 0.05) is 4.47 Å². The number of benzene rings is 1. The number of rotatable bonds is 3. The molecule has 70 valence electrons. The van der Waals surface area contributed by atoms with E-state index in [1.165, 1.54) is 0 Å². The van der Waals surface area contributed by atoms with E-state index in [1.807, 2.05) is 0 Å². The molecule has 6 heteroatoms. The fourth-order valence-corrected chi connectivity index (χ4v) is 1.56. The molecule has 0 heterocycles. The van der Waals surface area contributed by atoms with Crippen molar-refractivity contribution in [3.05, 3.63) is 28.7 Å². The summed E-state index contributed by atoms with van der Waals surface area (Å²) in [6.45, 7) is 0. The van der Waals surface area contributed by atoms with Gasteiger partial charge in [-0.1, -0.05) is 22.0 Å². The summed E-state index contributed by atoms with van der Waals surface area (Å²) in [5, 5.41) is 0. The van der Waals surface area contributed by atoms with Crippen LogP contribution in [0.1, 0.15) is 0 Å². The maximum Gasteiger partial charge on any atom is 0.268 e. The first-order chi connectivity index (χ1) is 6.15. The van der Waals surface area contributed by atoms with Crippen molar-refractivity contribution in [2.75, 3.05) is 4.31 Å². The number of nitrogens with zero attached hydrogens (tertiary/aromatic N) is 1. The van der Waals surface area contributed by atoms with Crippen LogP contribution >= 0.6 is 15.9 Å². The monoisotopic (exact) mass is 263 g/mol. The zero-order chi connectivity index (χ0) is 9.84. The molecule has 1 rings (SSSR count). The summed E-state index contributed by atoms with van der Waals surface area (Å²) in [6.07, 6.45) is 0.303. The summed E-state index contributed by atoms with van der Waals surface area (Å²) in [6, 6.07) is 6.56. The van der Waals surface area contributed by atoms with Gasteiger partial charge in [-0.25, -0.2) is 8.51 Å². The molecule has 1 amide bonds. The van der Waals surface area contributed by atoms with Crippen molar-refractivity contribution in [2.24, 2.45) is 0 Å². The third-order valence-corrected chi connectivity index (χ3v) is 2.45. The van der Waals surface area contributed by atoms with Crippen molar-refractivity contribution >= 4 is 39.3 Å². The molecule has 1 aromatic carbocycles. The first kappa shape index (κ1) is 10.4. The van der Waals surface area contributed by atoms with Gasteiger partial charge in [0.15, 0.2) is 0 Å². The van der Waals surface area contributed by atoms with Gasteiger partial charge in [0.05, 0.1) is 5.69 Å². The summed E-state index contributed by atoms with van der Waals surface area (Å²) >= 11 is 0.867. The fourth-order valence-electron chi connectivity index (χ4n) is 0.801. The Morgan fingerprint density at radius 3 is 2.69 bits per heavy atom. The Bertz CT molecular complexity index is 344. The van der Waals surface area contributed by atoms with Crippen LogP contribution in [0.5, 0.6) is 0 Å². The summed E-state index contributed by atoms with van der Waals surface area (Å²) < 4.78 is 20.8. The molecule has 0 saturated carbocycles. The molecule has 0 spiro atoms. The minimum absolute atomic E-state index is 0.303. The third kappa shape index (κ3) is 2.61. The highest BCUT2D eigenvalue weighted by Crippen LogP contribution is 2.19. The molecule has 1 unspecified atom stereocenters. The lowest BCUT2D eigenvalue weighted by Gasteiger charge is -2.11. The van der Waals surface area contributed by atoms with E-state index >= 15 is 0 Å². The van der Waals surface area contributed by atoms with Crippen molar-refractivity contribution in [3.8, 4) is 0 Å². The van der Waals surface area contributed by atoms with Crippen LogP contribution < -0.4 is 4.31 Å². The predicted octanol–water partition coefficient (Wildman–Crippen LogP) is 1.55. The van der Waals surface area contributed by atoms with E-state index in [4.69, 9.17) is 4.55 Å². The van der Waals surface area contributed by atoms with Crippen LogP contribution in [0.25, 0.3) is 0 Å². The van der Waals surface area contributed by atoms with E-state index in [2.05, 4.69) is 15.9 Å². The Hall–Kier alpha value is -0.720. The van der Waals surface area contributed by atoms with Gasteiger partial charge >= 0.3 is 0 Å². The van der Waals surface area contributed by atoms with Crippen LogP contribution in [-0.2, 0) is 16.1 Å². The summed E-state index contributed by atoms with van der Waals surface area (Å²) in [5.41, 5.74) is 0.366. The molecule has 0 aliphatic heterocycles. The van der Waals surface area contributed by atoms with Gasteiger partial charge in [0.25, 0.3) is 11.3 Å². The number of hydrogen-bond acceptors (Lipinski definition) is 2. The predicted molar refractivity (Wildman–Crippen MR) is 53.5 cm³/mol. The van der Waals surface area contributed by atoms with E-state index in [0.29, 0.717) is 16.4 Å². The van der Waals surface area contributed by atoms with Crippen molar-refractivity contribution in [1.82, 2.24) is 0 Å². The quantitative estimate of drug-likeness (QED) is 0.665. The lowest BCUT2D eigenvalue weighted by molar-refractivity contribution is -0.106. The second-order valence-corrected chi connectivity index (χ2v) is 3.91. The summed E-state index contributed by atoms with van der Waals surface area (Å²) in [5.74, 6) is 0. The van der Waals surface area contributed by atoms with Crippen molar-refractivity contribution in [1.29, 1.82) is 0 Å². The lowest BCUT2D eigenvalue weighted by Crippen LogP contribution is -2.22. The van der Waals surface area contributed by atoms with Crippen LogP contribution in [0, 0.1) is 0 Å². The van der Waals surface area contributed by atoms with E-state index in [9.17, 15) is 9.00 Å². The van der Waals surface area contributed by atoms with Gasteiger partial charge in [-0.05, 0) is 18.2 Å². The number of carbonyl (C=O) groups is 1. The molecule has 13 heavy (non-hydrogen) atoms. The van der Waals surface area contributed by atoms with Crippen molar-refractivity contribution in [3.63, 3.8) is 0 Å². The second kappa shape index (κ2) is 4.50. The average Bonchev–Trinajstić information content (AvgIpc) is 2.04. The largest absolute Gasteiger partial charge is 0.289 e. The molecule has 0 aliphatic rings. The van der Waals surface area contributed by atoms with Crippen molar-refractivity contribution < 1.29 is 13.6 Å². The maximum absolute atomic E-state index is 10.6. The van der Waals surface area contributed by atoms with E-state index in [0.717, 1.165) is 4.47 Å². The molecule has 0 radical (unpaired) electrons. The number of anilines is 1. The first-order valence-corrected chi connectivity index (χ1v) is 5.12. The van der Waals surface area contributed by atoms with Gasteiger partial charge in [-0.3, -0.25) is 9.35 Å². The molecule has 1 N–H and O–H groups in total. The van der Waals surface area contributed by atoms with Gasteiger partial charge in [0.1, 0.15) is 0 Å². The van der Waals surface area contributed by atoms with Gasteiger partial charge in [-0.2, -0.15) is 0 Å². The molecule has 0 bridgehead atoms. The topological polar surface area (TPSA) is 57.6 Å². The minimum Gasteiger partial charge on any atom is -0.289 e. The molecule has 0 aromatic heterocycles. The molecular formula is C7H6BrNO3S. The zero-order valence-corrected chi connectivity index (χ0v) is 8.79. The number of halogens is 1. The molecule has 4 nitrogen and oxygen atoms in total. The van der Waals surface area contributed by atoms with E-state index in [-0.39, 0.29) is 0 Å². The highest BCUT2D eigenvalue weighted by Gasteiger charge is 2.10. The zero-order valence-electron chi connectivity index (χ0n) is 6.38. The molecule has 1 aromatic rings. The fraction of sp³-hybridized carbons (Fsp3) is 0. The van der Waals surface area contributed by atoms with Gasteiger partial charge in [-0.15, -0.1) is 0 Å². The Labute approximate surface area is 86.1 Å². The van der Waals surface area contributed by atoms with Crippen LogP contribution in [-0.4, -0.2) is 15.2 Å². The molecule has 0 fully saturated rings.